The fraction of sp³-hybridized carbons (Fsp3) is 0.776. The minimum absolute atomic E-state index is 0.0758. The number of halogens is 9. The third kappa shape index (κ3) is 52.9. The highest BCUT2D eigenvalue weighted by molar-refractivity contribution is 9.11. The van der Waals surface area contributed by atoms with E-state index >= 15 is 0 Å². The van der Waals surface area contributed by atoms with E-state index in [9.17, 15) is 71.9 Å². The molecule has 0 aromatic carbocycles. The maximum Gasteiger partial charge on any atom is 0.322 e. The normalized spacial score (nSPS) is 12.7. The number of nitrogens with one attached hydrogen (secondary N) is 6. The molecule has 0 heterocycles. The van der Waals surface area contributed by atoms with Gasteiger partial charge in [0.15, 0.2) is 0 Å². The van der Waals surface area contributed by atoms with Gasteiger partial charge in [0.2, 0.25) is 35.4 Å². The Kier molecular flexibility index (Phi) is 53.2. The van der Waals surface area contributed by atoms with Crippen LogP contribution in [0.3, 0.4) is 0 Å². The molecule has 47 heteroatoms. The molecule has 0 aromatic rings. The Hall–Kier alpha value is -4.21. The summed E-state index contributed by atoms with van der Waals surface area (Å²) >= 11 is 29.0. The topological polar surface area (TPSA) is 485 Å². The summed E-state index contributed by atoms with van der Waals surface area (Å²) < 4.78 is 83.5. The Morgan fingerprint density at radius 3 is 0.569 bits per heavy atom. The lowest BCUT2D eigenvalue weighted by Crippen LogP contribution is -2.61. The Balaban J connectivity index is 7.93. The number of carbonyl (C=O) groups is 15. The lowest BCUT2D eigenvalue weighted by molar-refractivity contribution is -0.163. The third-order valence-electron chi connectivity index (χ3n) is 15.4. The van der Waals surface area contributed by atoms with Crippen LogP contribution < -0.4 is 31.9 Å². The molecule has 123 heavy (non-hydrogen) atoms. The predicted octanol–water partition coefficient (Wildman–Crippen LogP) is 5.66. The van der Waals surface area contributed by atoms with E-state index in [-0.39, 0.29) is 39.6 Å². The standard InChI is InChI=1S/C76H119Br9N6O32/c1-20-21-107-22-23-108-24-25-109-26-27-110-28-29-111-39-73(36-86-49(92)30-112-33-52(95)89-74(40-115-55(98)64(2,3)77,41-116-56(99)65(4,5)78)42-117-57(100)66(6,7)79,37-87-50(93)31-113-34-53(96)90-75(43-118-58(101)67(8,9)80,44-119-59(102)68(10,11)81)45-120-60(103)69(12,13)82)38-88-51(94)32-114-35-54(97)91-76(46-121-61(104)70(14,15)83,47-122-62(105)71(16,17)84)48-123-63(106)72(18,19)85/h20H,1,21-48H2,2-19H3,(H,86,92)(H,87,93)(H,88,94)(H,89,95)(H,90,96)(H,91,97). The van der Waals surface area contributed by atoms with Crippen LogP contribution in [0.4, 0.5) is 0 Å². The molecule has 708 valence electrons. The summed E-state index contributed by atoms with van der Waals surface area (Å²) in [6.07, 6.45) is 1.61. The van der Waals surface area contributed by atoms with Gasteiger partial charge in [0, 0.05) is 25.0 Å². The molecule has 0 aliphatic heterocycles. The first kappa shape index (κ1) is 119. The lowest BCUT2D eigenvalue weighted by atomic mass is 9.88. The second kappa shape index (κ2) is 55.1. The van der Waals surface area contributed by atoms with E-state index in [1.807, 2.05) is 0 Å². The van der Waals surface area contributed by atoms with Crippen LogP contribution >= 0.6 is 143 Å². The number of hydrogen-bond acceptors (Lipinski definition) is 32. The number of esters is 9. The highest BCUT2D eigenvalue weighted by atomic mass is 79.9. The van der Waals surface area contributed by atoms with E-state index in [0.29, 0.717) is 19.8 Å². The lowest BCUT2D eigenvalue weighted by Gasteiger charge is -2.35. The molecule has 0 aliphatic carbocycles. The third-order valence-corrected chi connectivity index (χ3v) is 18.3. The van der Waals surface area contributed by atoms with Crippen LogP contribution in [0.25, 0.3) is 0 Å². The average Bonchev–Trinajstić information content (AvgIpc) is 0.842. The summed E-state index contributed by atoms with van der Waals surface area (Å²) in [7, 11) is 0. The van der Waals surface area contributed by atoms with Gasteiger partial charge in [-0.1, -0.05) is 149 Å². The van der Waals surface area contributed by atoms with Crippen LogP contribution in [-0.4, -0.2) is 330 Å². The number of alkyl halides is 9. The van der Waals surface area contributed by atoms with Gasteiger partial charge in [0.1, 0.15) is 155 Å². The molecular weight excluding hydrogens is 2230 g/mol. The molecule has 0 aromatic heterocycles. The Morgan fingerprint density at radius 1 is 0.236 bits per heavy atom. The smallest absolute Gasteiger partial charge is 0.322 e. The van der Waals surface area contributed by atoms with Gasteiger partial charge in [-0.05, 0) is 125 Å². The summed E-state index contributed by atoms with van der Waals surface area (Å²) in [6.45, 7) is 17.1. The molecule has 0 rings (SSSR count). The molecule has 0 fully saturated rings. The minimum Gasteiger partial charge on any atom is -0.462 e. The first-order chi connectivity index (χ1) is 56.2. The Labute approximate surface area is 793 Å². The van der Waals surface area contributed by atoms with Gasteiger partial charge in [-0.2, -0.15) is 0 Å². The predicted molar refractivity (Wildman–Crippen MR) is 477 cm³/mol. The largest absolute Gasteiger partial charge is 0.462 e. The number of rotatable bonds is 64. The zero-order valence-electron chi connectivity index (χ0n) is 72.5. The molecule has 0 atom stereocenters. The van der Waals surface area contributed by atoms with Crippen molar-refractivity contribution in [2.75, 3.05) is 185 Å². The van der Waals surface area contributed by atoms with Gasteiger partial charge in [-0.15, -0.1) is 6.58 Å². The Bertz CT molecular complexity index is 2940. The van der Waals surface area contributed by atoms with Crippen LogP contribution in [0.15, 0.2) is 12.7 Å². The van der Waals surface area contributed by atoms with Crippen LogP contribution in [0, 0.1) is 5.41 Å². The van der Waals surface area contributed by atoms with Crippen molar-refractivity contribution in [2.24, 2.45) is 5.41 Å². The zero-order valence-corrected chi connectivity index (χ0v) is 86.8. The highest BCUT2D eigenvalue weighted by Gasteiger charge is 2.46. The van der Waals surface area contributed by atoms with Crippen molar-refractivity contribution >= 4 is 233 Å². The van der Waals surface area contributed by atoms with E-state index in [0.717, 1.165) is 0 Å². The molecule has 6 amide bonds. The molecule has 38 nitrogen and oxygen atoms in total. The number of carbonyl (C=O) groups excluding carboxylic acids is 15. The monoisotopic (exact) mass is 2340 g/mol. The number of amides is 6. The first-order valence-electron chi connectivity index (χ1n) is 37.9. The van der Waals surface area contributed by atoms with E-state index in [4.69, 9.17) is 80.5 Å². The van der Waals surface area contributed by atoms with Gasteiger partial charge < -0.3 is 112 Å². The van der Waals surface area contributed by atoms with E-state index < -0.39 is 275 Å². The summed E-state index contributed by atoms with van der Waals surface area (Å²) in [6, 6.07) is 0. The van der Waals surface area contributed by atoms with Crippen molar-refractivity contribution in [1.82, 2.24) is 31.9 Å². The van der Waals surface area contributed by atoms with E-state index in [1.54, 1.807) is 6.08 Å². The average molecular weight is 2350 g/mol. The molecule has 0 bridgehead atoms. The van der Waals surface area contributed by atoms with E-state index in [2.05, 4.69) is 182 Å². The SMILES string of the molecule is C=CCOCCOCCOCCOCCOCC(CNC(=O)COCC(=O)NC(COC(=O)C(C)(C)Br)(COC(=O)C(C)(C)Br)COC(=O)C(C)(C)Br)(CNC(=O)COCC(=O)NC(COC(=O)C(C)(C)Br)(COC(=O)C(C)(C)Br)COC(=O)C(C)(C)Br)CNC(=O)COCC(=O)NC(COC(=O)C(C)(C)Br)(COC(=O)C(C)(C)Br)COC(=O)C(C)(C)Br. The Morgan fingerprint density at radius 2 is 0.398 bits per heavy atom. The summed E-state index contributed by atoms with van der Waals surface area (Å²) in [5.41, 5.74) is -7.69. The van der Waals surface area contributed by atoms with Crippen LogP contribution in [0.1, 0.15) is 125 Å². The van der Waals surface area contributed by atoms with Gasteiger partial charge in [-0.3, -0.25) is 71.9 Å². The van der Waals surface area contributed by atoms with Crippen molar-refractivity contribution in [3.8, 4) is 0 Å². The molecular formula is C76H119Br9N6O32. The first-order valence-corrected chi connectivity index (χ1v) is 45.0. The molecule has 0 saturated carbocycles. The maximum atomic E-state index is 14.1. The summed E-state index contributed by atoms with van der Waals surface area (Å²) in [5.74, 6) is -13.5. The summed E-state index contributed by atoms with van der Waals surface area (Å²) in [5, 5.41) is 15.6. The second-order valence-electron chi connectivity index (χ2n) is 32.5. The fourth-order valence-corrected chi connectivity index (χ4v) is 9.40. The minimum atomic E-state index is -2.00. The quantitative estimate of drug-likeness (QED) is 0.0141. The van der Waals surface area contributed by atoms with Crippen molar-refractivity contribution in [2.45, 2.75) is 180 Å². The zero-order chi connectivity index (χ0) is 94.9. The molecule has 0 spiro atoms. The molecule has 6 N–H and O–H groups in total. The highest BCUT2D eigenvalue weighted by Crippen LogP contribution is 2.29. The van der Waals surface area contributed by atoms with Crippen molar-refractivity contribution in [1.29, 1.82) is 0 Å². The van der Waals surface area contributed by atoms with Crippen LogP contribution in [-0.2, 0) is 152 Å². The second-order valence-corrected chi connectivity index (χ2v) is 50.3. The molecule has 0 saturated heterocycles. The van der Waals surface area contributed by atoms with Gasteiger partial charge >= 0.3 is 53.7 Å². The maximum absolute atomic E-state index is 14.1. The molecule has 0 aliphatic rings. The molecule has 0 unspecified atom stereocenters. The summed E-state index contributed by atoms with van der Waals surface area (Å²) in [4.78, 5) is 203. The fourth-order valence-electron chi connectivity index (χ4n) is 8.37. The van der Waals surface area contributed by atoms with Gasteiger partial charge in [0.05, 0.1) is 66.1 Å². The number of hydrogen-bond donors (Lipinski definition) is 6. The van der Waals surface area contributed by atoms with E-state index in [1.165, 1.54) is 125 Å². The van der Waals surface area contributed by atoms with Crippen LogP contribution in [0.5, 0.6) is 0 Å². The van der Waals surface area contributed by atoms with Crippen molar-refractivity contribution in [3.05, 3.63) is 12.7 Å². The number of ether oxygens (including phenoxy) is 17. The van der Waals surface area contributed by atoms with Crippen LogP contribution in [0.2, 0.25) is 0 Å². The molecule has 0 radical (unpaired) electrons. The van der Waals surface area contributed by atoms with Gasteiger partial charge in [0.25, 0.3) is 0 Å². The van der Waals surface area contributed by atoms with Gasteiger partial charge in [-0.25, -0.2) is 0 Å². The van der Waals surface area contributed by atoms with Crippen molar-refractivity contribution in [3.63, 3.8) is 0 Å². The van der Waals surface area contributed by atoms with Crippen molar-refractivity contribution < 1.29 is 152 Å².